The molecule has 4 heteroatoms. The van der Waals surface area contributed by atoms with Crippen LogP contribution in [0, 0.1) is 0 Å². The van der Waals surface area contributed by atoms with Crippen LogP contribution in [0.15, 0.2) is 36.4 Å². The Balaban J connectivity index is 2.17. The average molecular weight is 247 g/mol. The summed E-state index contributed by atoms with van der Waals surface area (Å²) in [5.41, 5.74) is 5.31. The van der Waals surface area contributed by atoms with Crippen molar-refractivity contribution in [3.63, 3.8) is 0 Å². The predicted molar refractivity (Wildman–Crippen MR) is 71.1 cm³/mol. The molecule has 0 heterocycles. The van der Waals surface area contributed by atoms with E-state index in [0.29, 0.717) is 0 Å². The molecule has 4 nitrogen and oxygen atoms in total. The number of aliphatic hydroxyl groups excluding tert-OH is 1. The van der Waals surface area contributed by atoms with Crippen LogP contribution in [0.3, 0.4) is 0 Å². The third kappa shape index (κ3) is 2.91. The van der Waals surface area contributed by atoms with Crippen LogP contribution in [0.4, 0.5) is 0 Å². The van der Waals surface area contributed by atoms with Crippen LogP contribution in [0.2, 0.25) is 0 Å². The van der Waals surface area contributed by atoms with Gasteiger partial charge in [-0.05, 0) is 35.0 Å². The maximum Gasteiger partial charge on any atom is 0.120 e. The number of methoxy groups -OCH3 is 1. The van der Waals surface area contributed by atoms with Gasteiger partial charge in [-0.25, -0.2) is 0 Å². The van der Waals surface area contributed by atoms with E-state index in [4.69, 9.17) is 15.2 Å². The first-order chi connectivity index (χ1) is 8.72. The zero-order valence-corrected chi connectivity index (χ0v) is 10.3. The smallest absolute Gasteiger partial charge is 0.120 e. The molecule has 0 fully saturated rings. The van der Waals surface area contributed by atoms with Gasteiger partial charge in [0.1, 0.15) is 24.2 Å². The Bertz CT molecular complexity index is 527. The minimum atomic E-state index is -0.628. The molecular weight excluding hydrogens is 230 g/mol. The van der Waals surface area contributed by atoms with E-state index >= 15 is 0 Å². The highest BCUT2D eigenvalue weighted by atomic mass is 16.5. The molecule has 1 unspecified atom stereocenters. The quantitative estimate of drug-likeness (QED) is 0.841. The molecule has 0 bridgehead atoms. The van der Waals surface area contributed by atoms with E-state index in [2.05, 4.69) is 0 Å². The number of aliphatic hydroxyl groups is 1. The molecule has 0 aliphatic rings. The van der Waals surface area contributed by atoms with E-state index in [1.54, 1.807) is 7.11 Å². The largest absolute Gasteiger partial charge is 0.497 e. The normalized spacial score (nSPS) is 12.4. The average Bonchev–Trinajstić information content (AvgIpc) is 2.43. The number of hydrogen-bond donors (Lipinski definition) is 2. The second kappa shape index (κ2) is 5.71. The molecular formula is C14H17NO3. The van der Waals surface area contributed by atoms with Crippen molar-refractivity contribution in [2.75, 3.05) is 20.3 Å². The molecule has 0 amide bonds. The van der Waals surface area contributed by atoms with Gasteiger partial charge in [0.25, 0.3) is 0 Å². The number of fused-ring (bicyclic) bond motifs is 1. The summed E-state index contributed by atoms with van der Waals surface area (Å²) in [6.45, 7) is 0.406. The molecule has 96 valence electrons. The number of nitrogens with two attached hydrogens (primary N) is 1. The van der Waals surface area contributed by atoms with Crippen LogP contribution < -0.4 is 15.2 Å². The van der Waals surface area contributed by atoms with Gasteiger partial charge in [-0.15, -0.1) is 0 Å². The maximum atomic E-state index is 9.33. The second-order valence-electron chi connectivity index (χ2n) is 4.08. The van der Waals surface area contributed by atoms with Gasteiger partial charge < -0.3 is 20.3 Å². The van der Waals surface area contributed by atoms with Gasteiger partial charge in [-0.2, -0.15) is 0 Å². The van der Waals surface area contributed by atoms with Crippen molar-refractivity contribution < 1.29 is 14.6 Å². The number of hydrogen-bond acceptors (Lipinski definition) is 4. The summed E-state index contributed by atoms with van der Waals surface area (Å²) in [6.07, 6.45) is -0.628. The van der Waals surface area contributed by atoms with Crippen LogP contribution in [0.1, 0.15) is 0 Å². The van der Waals surface area contributed by atoms with Crippen molar-refractivity contribution >= 4 is 10.8 Å². The highest BCUT2D eigenvalue weighted by Crippen LogP contribution is 2.24. The van der Waals surface area contributed by atoms with Crippen LogP contribution >= 0.6 is 0 Å². The molecule has 0 spiro atoms. The summed E-state index contributed by atoms with van der Waals surface area (Å²) < 4.78 is 10.6. The molecule has 0 saturated carbocycles. The summed E-state index contributed by atoms with van der Waals surface area (Å²) in [4.78, 5) is 0. The van der Waals surface area contributed by atoms with Crippen molar-refractivity contribution in [3.05, 3.63) is 36.4 Å². The van der Waals surface area contributed by atoms with Crippen LogP contribution in [-0.2, 0) is 0 Å². The predicted octanol–water partition coefficient (Wildman–Crippen LogP) is 1.55. The first-order valence-electron chi connectivity index (χ1n) is 5.81. The highest BCUT2D eigenvalue weighted by molar-refractivity contribution is 5.85. The Morgan fingerprint density at radius 2 is 1.72 bits per heavy atom. The van der Waals surface area contributed by atoms with Crippen molar-refractivity contribution in [3.8, 4) is 11.5 Å². The lowest BCUT2D eigenvalue weighted by molar-refractivity contribution is 0.114. The van der Waals surface area contributed by atoms with Crippen LogP contribution in [-0.4, -0.2) is 31.5 Å². The highest BCUT2D eigenvalue weighted by Gasteiger charge is 2.03. The Labute approximate surface area is 106 Å². The molecule has 2 aromatic carbocycles. The Morgan fingerprint density at radius 3 is 2.33 bits per heavy atom. The zero-order valence-electron chi connectivity index (χ0n) is 10.3. The van der Waals surface area contributed by atoms with E-state index in [9.17, 15) is 5.11 Å². The standard InChI is InChI=1S/C14H17NO3/c1-17-13-4-2-11-7-14(5-3-10(11)6-13)18-9-12(16)8-15/h2-7,12,16H,8-9,15H2,1H3. The molecule has 0 aromatic heterocycles. The molecule has 1 atom stereocenters. The van der Waals surface area contributed by atoms with Gasteiger partial charge in [0.15, 0.2) is 0 Å². The number of rotatable bonds is 5. The summed E-state index contributed by atoms with van der Waals surface area (Å²) in [5.74, 6) is 1.55. The molecule has 2 rings (SSSR count). The Hall–Kier alpha value is -1.78. The van der Waals surface area contributed by atoms with Gasteiger partial charge in [0, 0.05) is 6.54 Å². The Morgan fingerprint density at radius 1 is 1.11 bits per heavy atom. The molecule has 3 N–H and O–H groups in total. The van der Waals surface area contributed by atoms with Crippen molar-refractivity contribution in [1.29, 1.82) is 0 Å². The van der Waals surface area contributed by atoms with E-state index in [0.717, 1.165) is 22.3 Å². The molecule has 0 saturated heterocycles. The van der Waals surface area contributed by atoms with Crippen LogP contribution in [0.5, 0.6) is 11.5 Å². The second-order valence-corrected chi connectivity index (χ2v) is 4.08. The monoisotopic (exact) mass is 247 g/mol. The Kier molecular flexibility index (Phi) is 4.02. The molecule has 0 radical (unpaired) electrons. The first-order valence-corrected chi connectivity index (χ1v) is 5.81. The third-order valence-corrected chi connectivity index (χ3v) is 2.73. The lowest BCUT2D eigenvalue weighted by atomic mass is 10.1. The molecule has 0 aliphatic carbocycles. The minimum absolute atomic E-state index is 0.199. The summed E-state index contributed by atoms with van der Waals surface area (Å²) in [6, 6.07) is 11.6. The van der Waals surface area contributed by atoms with E-state index in [-0.39, 0.29) is 13.2 Å². The topological polar surface area (TPSA) is 64.7 Å². The van der Waals surface area contributed by atoms with Crippen molar-refractivity contribution in [1.82, 2.24) is 0 Å². The van der Waals surface area contributed by atoms with E-state index < -0.39 is 6.10 Å². The molecule has 18 heavy (non-hydrogen) atoms. The number of ether oxygens (including phenoxy) is 2. The SMILES string of the molecule is COc1ccc2cc(OCC(O)CN)ccc2c1. The fraction of sp³-hybridized carbons (Fsp3) is 0.286. The molecule has 2 aromatic rings. The van der Waals surface area contributed by atoms with Gasteiger partial charge in [-0.1, -0.05) is 12.1 Å². The van der Waals surface area contributed by atoms with Gasteiger partial charge in [0.2, 0.25) is 0 Å². The van der Waals surface area contributed by atoms with Gasteiger partial charge in [0.05, 0.1) is 7.11 Å². The molecule has 0 aliphatic heterocycles. The van der Waals surface area contributed by atoms with Crippen LogP contribution in [0.25, 0.3) is 10.8 Å². The fourth-order valence-corrected chi connectivity index (χ4v) is 1.68. The lowest BCUT2D eigenvalue weighted by Crippen LogP contribution is -2.26. The summed E-state index contributed by atoms with van der Waals surface area (Å²) in [7, 11) is 1.65. The van der Waals surface area contributed by atoms with Gasteiger partial charge >= 0.3 is 0 Å². The van der Waals surface area contributed by atoms with E-state index in [1.165, 1.54) is 0 Å². The van der Waals surface area contributed by atoms with Crippen molar-refractivity contribution in [2.24, 2.45) is 5.73 Å². The number of benzene rings is 2. The summed E-state index contributed by atoms with van der Waals surface area (Å²) in [5, 5.41) is 11.5. The zero-order chi connectivity index (χ0) is 13.0. The maximum absolute atomic E-state index is 9.33. The minimum Gasteiger partial charge on any atom is -0.497 e. The first kappa shape index (κ1) is 12.7. The van der Waals surface area contributed by atoms with E-state index in [1.807, 2.05) is 36.4 Å². The lowest BCUT2D eigenvalue weighted by Gasteiger charge is -2.11. The summed E-state index contributed by atoms with van der Waals surface area (Å²) >= 11 is 0. The third-order valence-electron chi connectivity index (χ3n) is 2.73. The fourth-order valence-electron chi connectivity index (χ4n) is 1.68. The van der Waals surface area contributed by atoms with Gasteiger partial charge in [-0.3, -0.25) is 0 Å². The van der Waals surface area contributed by atoms with Crippen molar-refractivity contribution in [2.45, 2.75) is 6.10 Å².